The van der Waals surface area contributed by atoms with Crippen molar-refractivity contribution in [2.45, 2.75) is 18.7 Å². The maximum absolute atomic E-state index is 12.5. The molecule has 0 amide bonds. The first-order valence-corrected chi connectivity index (χ1v) is 11.5. The van der Waals surface area contributed by atoms with Crippen molar-refractivity contribution in [2.75, 3.05) is 25.6 Å². The number of aromatic nitrogens is 1. The zero-order chi connectivity index (χ0) is 23.8. The van der Waals surface area contributed by atoms with Crippen LogP contribution in [0.1, 0.15) is 30.0 Å². The van der Waals surface area contributed by atoms with Crippen LogP contribution in [0.3, 0.4) is 0 Å². The number of hydrogen-bond donors (Lipinski definition) is 1. The van der Waals surface area contributed by atoms with Crippen molar-refractivity contribution in [1.29, 1.82) is 0 Å². The molecule has 174 valence electrons. The molecule has 2 aromatic heterocycles. The predicted molar refractivity (Wildman–Crippen MR) is 122 cm³/mol. The van der Waals surface area contributed by atoms with Crippen LogP contribution in [0, 0.1) is 0 Å². The largest absolute Gasteiger partial charge is 0.493 e. The summed E-state index contributed by atoms with van der Waals surface area (Å²) in [5, 5.41) is 4.10. The van der Waals surface area contributed by atoms with Gasteiger partial charge in [0.1, 0.15) is 10.7 Å². The Kier molecular flexibility index (Phi) is 7.80. The molecule has 0 aliphatic heterocycles. The summed E-state index contributed by atoms with van der Waals surface area (Å²) >= 11 is 0. The summed E-state index contributed by atoms with van der Waals surface area (Å²) < 4.78 is 42.0. The number of nitrogens with one attached hydrogen (secondary N) is 1. The van der Waals surface area contributed by atoms with Crippen LogP contribution in [0.25, 0.3) is 0 Å². The van der Waals surface area contributed by atoms with Crippen LogP contribution in [0.2, 0.25) is 0 Å². The van der Waals surface area contributed by atoms with Crippen molar-refractivity contribution >= 4 is 28.0 Å². The van der Waals surface area contributed by atoms with E-state index < -0.39 is 16.0 Å². The molecule has 0 bridgehead atoms. The van der Waals surface area contributed by atoms with Gasteiger partial charge in [0.25, 0.3) is 0 Å². The first kappa shape index (κ1) is 24.0. The second kappa shape index (κ2) is 10.7. The first-order chi connectivity index (χ1) is 15.9. The molecule has 0 saturated heterocycles. The third-order valence-corrected chi connectivity index (χ3v) is 6.62. The standard InChI is InChI=1S/C22H24N4O6S/c1-4-26(5-2)33(28,29)17-9-11-21(23-15-17)25-24-14-16-8-10-18(20(13-16)30-3)32-22(27)19-7-6-12-31-19/h6-15H,4-5H2,1-3H3,(H,23,25)/b24-14-. The van der Waals surface area contributed by atoms with Crippen molar-refractivity contribution in [3.63, 3.8) is 0 Å². The van der Waals surface area contributed by atoms with Gasteiger partial charge in [-0.15, -0.1) is 0 Å². The van der Waals surface area contributed by atoms with E-state index in [2.05, 4.69) is 15.5 Å². The predicted octanol–water partition coefficient (Wildman–Crippen LogP) is 3.38. The number of benzene rings is 1. The summed E-state index contributed by atoms with van der Waals surface area (Å²) in [6, 6.07) is 11.0. The number of carbonyl (C=O) groups is 1. The summed E-state index contributed by atoms with van der Waals surface area (Å²) in [7, 11) is -2.11. The normalized spacial score (nSPS) is 11.6. The number of hydrogen-bond acceptors (Lipinski definition) is 9. The van der Waals surface area contributed by atoms with E-state index in [-0.39, 0.29) is 16.4 Å². The maximum atomic E-state index is 12.5. The smallest absolute Gasteiger partial charge is 0.379 e. The number of esters is 1. The van der Waals surface area contributed by atoms with Crippen LogP contribution in [0.15, 0.2) is 69.3 Å². The molecular weight excluding hydrogens is 448 g/mol. The Hall–Kier alpha value is -3.70. The van der Waals surface area contributed by atoms with Crippen molar-refractivity contribution in [1.82, 2.24) is 9.29 Å². The molecule has 1 N–H and O–H groups in total. The average molecular weight is 473 g/mol. The number of pyridine rings is 1. The van der Waals surface area contributed by atoms with Gasteiger partial charge >= 0.3 is 5.97 Å². The van der Waals surface area contributed by atoms with E-state index in [0.717, 1.165) is 0 Å². The highest BCUT2D eigenvalue weighted by Crippen LogP contribution is 2.28. The van der Waals surface area contributed by atoms with Crippen LogP contribution in [0.4, 0.5) is 5.82 Å². The maximum Gasteiger partial charge on any atom is 0.379 e. The molecule has 10 nitrogen and oxygen atoms in total. The second-order valence-electron chi connectivity index (χ2n) is 6.62. The highest BCUT2D eigenvalue weighted by atomic mass is 32.2. The fraction of sp³-hybridized carbons (Fsp3) is 0.227. The number of hydrazone groups is 1. The fourth-order valence-electron chi connectivity index (χ4n) is 2.88. The van der Waals surface area contributed by atoms with Crippen LogP contribution in [-0.4, -0.2) is 50.1 Å². The molecule has 0 unspecified atom stereocenters. The molecule has 11 heteroatoms. The highest BCUT2D eigenvalue weighted by molar-refractivity contribution is 7.89. The second-order valence-corrected chi connectivity index (χ2v) is 8.55. The molecule has 33 heavy (non-hydrogen) atoms. The van der Waals surface area contributed by atoms with E-state index in [1.54, 1.807) is 38.1 Å². The van der Waals surface area contributed by atoms with Crippen molar-refractivity contribution in [2.24, 2.45) is 5.10 Å². The number of anilines is 1. The summed E-state index contributed by atoms with van der Waals surface area (Å²) in [5.74, 6) is 0.383. The summed E-state index contributed by atoms with van der Waals surface area (Å²) in [6.45, 7) is 4.33. The minimum absolute atomic E-state index is 0.0790. The van der Waals surface area contributed by atoms with E-state index in [1.807, 2.05) is 0 Å². The van der Waals surface area contributed by atoms with Gasteiger partial charge in [-0.3, -0.25) is 5.43 Å². The molecule has 0 radical (unpaired) electrons. The van der Waals surface area contributed by atoms with Gasteiger partial charge in [-0.05, 0) is 48.0 Å². The number of furan rings is 1. The Morgan fingerprint density at radius 1 is 1.18 bits per heavy atom. The average Bonchev–Trinajstić information content (AvgIpc) is 3.36. The molecule has 0 saturated carbocycles. The lowest BCUT2D eigenvalue weighted by molar-refractivity contribution is 0.0696. The molecule has 3 rings (SSSR count). The van der Waals surface area contributed by atoms with Gasteiger partial charge in [0.05, 0.1) is 19.6 Å². The third kappa shape index (κ3) is 5.76. The number of carbonyl (C=O) groups excluding carboxylic acids is 1. The van der Waals surface area contributed by atoms with Gasteiger partial charge in [-0.1, -0.05) is 13.8 Å². The minimum Gasteiger partial charge on any atom is -0.493 e. The van der Waals surface area contributed by atoms with Crippen LogP contribution in [0.5, 0.6) is 11.5 Å². The van der Waals surface area contributed by atoms with Gasteiger partial charge < -0.3 is 13.9 Å². The quantitative estimate of drug-likeness (QED) is 0.206. The van der Waals surface area contributed by atoms with Gasteiger partial charge in [0.15, 0.2) is 11.5 Å². The zero-order valence-corrected chi connectivity index (χ0v) is 19.2. The minimum atomic E-state index is -3.57. The molecular formula is C22H24N4O6S. The van der Waals surface area contributed by atoms with Crippen molar-refractivity contribution < 1.29 is 27.1 Å². The molecule has 0 aliphatic rings. The first-order valence-electron chi connectivity index (χ1n) is 10.1. The highest BCUT2D eigenvalue weighted by Gasteiger charge is 2.21. The molecule has 1 aromatic carbocycles. The lowest BCUT2D eigenvalue weighted by Gasteiger charge is -2.18. The topological polar surface area (TPSA) is 123 Å². The van der Waals surface area contributed by atoms with Crippen molar-refractivity contribution in [3.8, 4) is 11.5 Å². The molecule has 0 fully saturated rings. The van der Waals surface area contributed by atoms with E-state index in [9.17, 15) is 13.2 Å². The lowest BCUT2D eigenvalue weighted by Crippen LogP contribution is -2.30. The van der Waals surface area contributed by atoms with Gasteiger partial charge in [0, 0.05) is 19.3 Å². The zero-order valence-electron chi connectivity index (χ0n) is 18.4. The molecule has 0 atom stereocenters. The van der Waals surface area contributed by atoms with Gasteiger partial charge in [0.2, 0.25) is 15.8 Å². The number of ether oxygens (including phenoxy) is 2. The molecule has 0 spiro atoms. The van der Waals surface area contributed by atoms with Crippen molar-refractivity contribution in [3.05, 3.63) is 66.2 Å². The number of methoxy groups -OCH3 is 1. The fourth-order valence-corrected chi connectivity index (χ4v) is 4.28. The Morgan fingerprint density at radius 2 is 1.97 bits per heavy atom. The summed E-state index contributed by atoms with van der Waals surface area (Å²) in [4.78, 5) is 16.3. The Labute approximate surface area is 191 Å². The Morgan fingerprint density at radius 3 is 2.58 bits per heavy atom. The van der Waals surface area contributed by atoms with Gasteiger partial charge in [-0.2, -0.15) is 9.41 Å². The number of sulfonamides is 1. The third-order valence-electron chi connectivity index (χ3n) is 4.58. The van der Waals surface area contributed by atoms with Gasteiger partial charge in [-0.25, -0.2) is 18.2 Å². The van der Waals surface area contributed by atoms with E-state index >= 15 is 0 Å². The van der Waals surface area contributed by atoms with E-state index in [1.165, 1.54) is 48.3 Å². The molecule has 2 heterocycles. The van der Waals surface area contributed by atoms with Crippen LogP contribution >= 0.6 is 0 Å². The summed E-state index contributed by atoms with van der Waals surface area (Å²) in [5.41, 5.74) is 3.41. The number of nitrogens with zero attached hydrogens (tertiary/aromatic N) is 3. The van der Waals surface area contributed by atoms with E-state index in [4.69, 9.17) is 13.9 Å². The monoisotopic (exact) mass is 472 g/mol. The SMILES string of the molecule is CCN(CC)S(=O)(=O)c1ccc(N/N=C\c2ccc(OC(=O)c3ccco3)c(OC)c2)nc1. The molecule has 3 aromatic rings. The van der Waals surface area contributed by atoms with Crippen LogP contribution < -0.4 is 14.9 Å². The number of rotatable bonds is 10. The van der Waals surface area contributed by atoms with Crippen LogP contribution in [-0.2, 0) is 10.0 Å². The Balaban J connectivity index is 1.66. The summed E-state index contributed by atoms with van der Waals surface area (Å²) in [6.07, 6.45) is 4.19. The Bertz CT molecular complexity index is 1200. The molecule has 0 aliphatic carbocycles. The van der Waals surface area contributed by atoms with E-state index in [0.29, 0.717) is 30.2 Å². The lowest BCUT2D eigenvalue weighted by atomic mass is 10.2.